The summed E-state index contributed by atoms with van der Waals surface area (Å²) in [6, 6.07) is 10.5. The first-order chi connectivity index (χ1) is 7.31. The number of aromatic nitrogens is 1. The van der Waals surface area contributed by atoms with Gasteiger partial charge in [-0.25, -0.2) is 4.98 Å². The van der Waals surface area contributed by atoms with E-state index in [1.54, 1.807) is 0 Å². The number of hydrogen-bond donors (Lipinski definition) is 2. The van der Waals surface area contributed by atoms with Gasteiger partial charge in [0.15, 0.2) is 0 Å². The van der Waals surface area contributed by atoms with Gasteiger partial charge < -0.3 is 11.1 Å². The summed E-state index contributed by atoms with van der Waals surface area (Å²) in [4.78, 5) is 4.53. The highest BCUT2D eigenvalue weighted by molar-refractivity contribution is 5.83. The first-order valence-electron chi connectivity index (χ1n) is 5.24. The molecule has 1 saturated carbocycles. The monoisotopic (exact) mass is 199 g/mol. The van der Waals surface area contributed by atoms with E-state index in [1.807, 2.05) is 24.3 Å². The molecule has 0 bridgehead atoms. The minimum absolute atomic E-state index is 0.642. The molecule has 0 amide bonds. The largest absolute Gasteiger partial charge is 0.399 e. The second-order valence-electron chi connectivity index (χ2n) is 4.07. The van der Waals surface area contributed by atoms with Crippen molar-refractivity contribution in [3.05, 3.63) is 30.3 Å². The Morgan fingerprint density at radius 3 is 2.87 bits per heavy atom. The van der Waals surface area contributed by atoms with Crippen LogP contribution in [0.2, 0.25) is 0 Å². The lowest BCUT2D eigenvalue weighted by Crippen LogP contribution is -2.02. The third-order valence-corrected chi connectivity index (χ3v) is 2.64. The van der Waals surface area contributed by atoms with Crippen molar-refractivity contribution < 1.29 is 0 Å². The lowest BCUT2D eigenvalue weighted by Gasteiger charge is -2.05. The van der Waals surface area contributed by atoms with E-state index in [-0.39, 0.29) is 0 Å². The molecule has 1 heterocycles. The van der Waals surface area contributed by atoms with Gasteiger partial charge in [-0.3, -0.25) is 0 Å². The van der Waals surface area contributed by atoms with E-state index in [2.05, 4.69) is 16.4 Å². The zero-order valence-corrected chi connectivity index (χ0v) is 8.40. The number of nitrogens with zero attached hydrogens (tertiary/aromatic N) is 1. The van der Waals surface area contributed by atoms with Crippen molar-refractivity contribution >= 4 is 22.4 Å². The molecule has 1 aliphatic carbocycles. The number of nitrogens with one attached hydrogen (secondary N) is 1. The average molecular weight is 199 g/mol. The summed E-state index contributed by atoms with van der Waals surface area (Å²) in [5.41, 5.74) is 7.49. The summed E-state index contributed by atoms with van der Waals surface area (Å²) >= 11 is 0. The number of nitrogen functional groups attached to an aromatic ring is 1. The minimum Gasteiger partial charge on any atom is -0.399 e. The van der Waals surface area contributed by atoms with Gasteiger partial charge in [0.25, 0.3) is 0 Å². The predicted octanol–water partition coefficient (Wildman–Crippen LogP) is 2.39. The summed E-state index contributed by atoms with van der Waals surface area (Å²) in [6.07, 6.45) is 2.53. The molecule has 3 heteroatoms. The van der Waals surface area contributed by atoms with E-state index >= 15 is 0 Å². The Morgan fingerprint density at radius 2 is 2.07 bits per heavy atom. The Hall–Kier alpha value is -1.77. The fraction of sp³-hybridized carbons (Fsp3) is 0.250. The molecule has 1 aromatic heterocycles. The quantitative estimate of drug-likeness (QED) is 0.730. The SMILES string of the molecule is Nc1ccc2nc(NC3CC3)ccc2c1. The van der Waals surface area contributed by atoms with E-state index in [1.165, 1.54) is 12.8 Å². The van der Waals surface area contributed by atoms with Crippen molar-refractivity contribution in [3.8, 4) is 0 Å². The Bertz CT molecular complexity index is 503. The predicted molar refractivity (Wildman–Crippen MR) is 62.8 cm³/mol. The van der Waals surface area contributed by atoms with Crippen molar-refractivity contribution in [2.75, 3.05) is 11.1 Å². The Balaban J connectivity index is 2.01. The molecular weight excluding hydrogens is 186 g/mol. The van der Waals surface area contributed by atoms with Gasteiger partial charge in [-0.05, 0) is 43.2 Å². The number of fused-ring (bicyclic) bond motifs is 1. The summed E-state index contributed by atoms with van der Waals surface area (Å²) in [5.74, 6) is 0.967. The number of anilines is 2. The topological polar surface area (TPSA) is 50.9 Å². The minimum atomic E-state index is 0.642. The van der Waals surface area contributed by atoms with Gasteiger partial charge in [-0.15, -0.1) is 0 Å². The van der Waals surface area contributed by atoms with Gasteiger partial charge in [0, 0.05) is 17.1 Å². The van der Waals surface area contributed by atoms with E-state index in [9.17, 15) is 0 Å². The van der Waals surface area contributed by atoms with Crippen molar-refractivity contribution in [1.82, 2.24) is 4.98 Å². The van der Waals surface area contributed by atoms with Crippen molar-refractivity contribution in [2.45, 2.75) is 18.9 Å². The van der Waals surface area contributed by atoms with Gasteiger partial charge in [0.2, 0.25) is 0 Å². The van der Waals surface area contributed by atoms with Crippen LogP contribution in [-0.2, 0) is 0 Å². The van der Waals surface area contributed by atoms with Crippen LogP contribution < -0.4 is 11.1 Å². The molecular formula is C12H13N3. The van der Waals surface area contributed by atoms with Crippen LogP contribution in [0.5, 0.6) is 0 Å². The molecule has 1 aliphatic rings. The van der Waals surface area contributed by atoms with Crippen LogP contribution >= 0.6 is 0 Å². The van der Waals surface area contributed by atoms with Crippen LogP contribution in [0.1, 0.15) is 12.8 Å². The molecule has 0 spiro atoms. The van der Waals surface area contributed by atoms with Crippen LogP contribution in [0.25, 0.3) is 10.9 Å². The second-order valence-corrected chi connectivity index (χ2v) is 4.07. The number of rotatable bonds is 2. The third kappa shape index (κ3) is 1.73. The summed E-state index contributed by atoms with van der Waals surface area (Å²) in [5, 5.41) is 4.47. The molecule has 76 valence electrons. The van der Waals surface area contributed by atoms with Gasteiger partial charge in [0.05, 0.1) is 5.52 Å². The van der Waals surface area contributed by atoms with E-state index in [0.717, 1.165) is 22.4 Å². The maximum absolute atomic E-state index is 5.71. The molecule has 0 saturated heterocycles. The fourth-order valence-corrected chi connectivity index (χ4v) is 1.66. The van der Waals surface area contributed by atoms with Gasteiger partial charge in [0.1, 0.15) is 5.82 Å². The molecule has 3 nitrogen and oxygen atoms in total. The lowest BCUT2D eigenvalue weighted by atomic mass is 10.2. The normalized spacial score (nSPS) is 15.5. The molecule has 0 unspecified atom stereocenters. The summed E-state index contributed by atoms with van der Waals surface area (Å²) < 4.78 is 0. The fourth-order valence-electron chi connectivity index (χ4n) is 1.66. The number of benzene rings is 1. The molecule has 0 aliphatic heterocycles. The zero-order chi connectivity index (χ0) is 10.3. The first kappa shape index (κ1) is 8.53. The van der Waals surface area contributed by atoms with Gasteiger partial charge >= 0.3 is 0 Å². The third-order valence-electron chi connectivity index (χ3n) is 2.64. The Kier molecular flexibility index (Phi) is 1.78. The van der Waals surface area contributed by atoms with Crippen molar-refractivity contribution in [3.63, 3.8) is 0 Å². The van der Waals surface area contributed by atoms with Crippen LogP contribution in [0.4, 0.5) is 11.5 Å². The second kappa shape index (κ2) is 3.12. The van der Waals surface area contributed by atoms with Gasteiger partial charge in [-0.2, -0.15) is 0 Å². The van der Waals surface area contributed by atoms with Crippen LogP contribution in [0.3, 0.4) is 0 Å². The molecule has 3 N–H and O–H groups in total. The molecule has 0 atom stereocenters. The highest BCUT2D eigenvalue weighted by Gasteiger charge is 2.21. The summed E-state index contributed by atoms with van der Waals surface area (Å²) in [7, 11) is 0. The van der Waals surface area contributed by atoms with Crippen LogP contribution in [0.15, 0.2) is 30.3 Å². The number of hydrogen-bond acceptors (Lipinski definition) is 3. The molecule has 1 aromatic carbocycles. The smallest absolute Gasteiger partial charge is 0.126 e. The average Bonchev–Trinajstić information content (AvgIpc) is 3.02. The standard InChI is InChI=1S/C12H13N3/c13-9-2-5-11-8(7-9)1-6-12(15-11)14-10-3-4-10/h1-2,5-7,10H,3-4,13H2,(H,14,15). The maximum atomic E-state index is 5.71. The molecule has 3 rings (SSSR count). The van der Waals surface area contributed by atoms with Crippen LogP contribution in [0, 0.1) is 0 Å². The van der Waals surface area contributed by atoms with Gasteiger partial charge in [-0.1, -0.05) is 0 Å². The lowest BCUT2D eigenvalue weighted by molar-refractivity contribution is 1.12. The molecule has 2 aromatic rings. The molecule has 0 radical (unpaired) electrons. The Morgan fingerprint density at radius 1 is 1.20 bits per heavy atom. The maximum Gasteiger partial charge on any atom is 0.126 e. The van der Waals surface area contributed by atoms with Crippen LogP contribution in [-0.4, -0.2) is 11.0 Å². The molecule has 15 heavy (non-hydrogen) atoms. The Labute approximate surface area is 88.3 Å². The zero-order valence-electron chi connectivity index (χ0n) is 8.40. The number of nitrogens with two attached hydrogens (primary N) is 1. The highest BCUT2D eigenvalue weighted by Crippen LogP contribution is 2.25. The summed E-state index contributed by atoms with van der Waals surface area (Å²) in [6.45, 7) is 0. The molecule has 1 fully saturated rings. The van der Waals surface area contributed by atoms with E-state index in [4.69, 9.17) is 5.73 Å². The van der Waals surface area contributed by atoms with Crippen molar-refractivity contribution in [1.29, 1.82) is 0 Å². The first-order valence-corrected chi connectivity index (χ1v) is 5.24. The highest BCUT2D eigenvalue weighted by atomic mass is 15.0. The van der Waals surface area contributed by atoms with E-state index in [0.29, 0.717) is 6.04 Å². The van der Waals surface area contributed by atoms with Crippen molar-refractivity contribution in [2.24, 2.45) is 0 Å². The number of pyridine rings is 1. The van der Waals surface area contributed by atoms with E-state index < -0.39 is 0 Å².